The number of hydrogen-bond donors (Lipinski definition) is 0. The second-order valence-electron chi connectivity index (χ2n) is 5.13. The number of rotatable bonds is 3. The molecule has 0 atom stereocenters. The molecule has 0 spiro atoms. The van der Waals surface area contributed by atoms with Crippen molar-refractivity contribution in [3.8, 4) is 11.5 Å². The number of ether oxygens (including phenoxy) is 5. The predicted octanol–water partition coefficient (Wildman–Crippen LogP) is 1.54. The normalized spacial score (nSPS) is 18.0. The van der Waals surface area contributed by atoms with E-state index in [1.807, 2.05) is 0 Å². The fourth-order valence-corrected chi connectivity index (χ4v) is 2.50. The summed E-state index contributed by atoms with van der Waals surface area (Å²) in [5.74, 6) is -3.81. The van der Waals surface area contributed by atoms with Crippen LogP contribution in [0.3, 0.4) is 0 Å². The van der Waals surface area contributed by atoms with Gasteiger partial charge in [-0.1, -0.05) is 0 Å². The molecule has 2 heterocycles. The summed E-state index contributed by atoms with van der Waals surface area (Å²) >= 11 is 0. The molecule has 0 aliphatic carbocycles. The van der Waals surface area contributed by atoms with Gasteiger partial charge in [-0.2, -0.15) is 0 Å². The van der Waals surface area contributed by atoms with Crippen LogP contribution >= 0.6 is 0 Å². The van der Waals surface area contributed by atoms with Gasteiger partial charge in [0, 0.05) is 12.1 Å². The molecule has 0 amide bonds. The van der Waals surface area contributed by atoms with E-state index in [0.29, 0.717) is 6.07 Å². The quantitative estimate of drug-likeness (QED) is 0.736. The van der Waals surface area contributed by atoms with Crippen LogP contribution in [0.4, 0.5) is 18.9 Å². The Balaban J connectivity index is 2.10. The van der Waals surface area contributed by atoms with Crippen molar-refractivity contribution in [2.75, 3.05) is 32.5 Å². The average Bonchev–Trinajstić information content (AvgIpc) is 2.91. The van der Waals surface area contributed by atoms with Gasteiger partial charge in [0.25, 0.3) is 0 Å². The lowest BCUT2D eigenvalue weighted by Crippen LogP contribution is -2.39. The first-order chi connectivity index (χ1) is 12.3. The SMILES string of the molecule is COC(=O)C1=C(C(=O)OC)N(c2cc3c(cc2F)OC(F)(F)O3)COC1. The lowest BCUT2D eigenvalue weighted by atomic mass is 10.1. The Bertz CT molecular complexity index is 809. The Morgan fingerprint density at radius 3 is 2.35 bits per heavy atom. The first-order valence-electron chi connectivity index (χ1n) is 7.12. The third kappa shape index (κ3) is 3.01. The summed E-state index contributed by atoms with van der Waals surface area (Å²) in [6.45, 7) is -0.629. The van der Waals surface area contributed by atoms with Gasteiger partial charge in [-0.3, -0.25) is 0 Å². The molecular formula is C15H12F3NO7. The zero-order valence-corrected chi connectivity index (χ0v) is 13.5. The number of carbonyl (C=O) groups excluding carboxylic acids is 2. The van der Waals surface area contributed by atoms with Crippen LogP contribution in [0.1, 0.15) is 0 Å². The van der Waals surface area contributed by atoms with Crippen molar-refractivity contribution in [2.24, 2.45) is 0 Å². The number of esters is 2. The summed E-state index contributed by atoms with van der Waals surface area (Å²) in [5.41, 5.74) is -0.908. The fraction of sp³-hybridized carbons (Fsp3) is 0.333. The molecule has 0 unspecified atom stereocenters. The van der Waals surface area contributed by atoms with Gasteiger partial charge in [0.15, 0.2) is 17.3 Å². The standard InChI is InChI=1S/C15H12F3NO7/c1-22-13(20)7-5-24-6-19(12(7)14(21)23-2)9-4-11-10(3-8(9)16)25-15(17,18)26-11/h3-4H,5-6H2,1-2H3. The van der Waals surface area contributed by atoms with Gasteiger partial charge in [-0.25, -0.2) is 14.0 Å². The predicted molar refractivity (Wildman–Crippen MR) is 77.0 cm³/mol. The largest absolute Gasteiger partial charge is 0.586 e. The molecule has 0 radical (unpaired) electrons. The monoisotopic (exact) mass is 375 g/mol. The molecule has 0 saturated carbocycles. The minimum absolute atomic E-state index is 0.215. The smallest absolute Gasteiger partial charge is 0.466 e. The number of alkyl halides is 2. The molecule has 1 aromatic carbocycles. The Kier molecular flexibility index (Phi) is 4.40. The minimum Gasteiger partial charge on any atom is -0.466 e. The van der Waals surface area contributed by atoms with E-state index >= 15 is 0 Å². The lowest BCUT2D eigenvalue weighted by Gasteiger charge is -2.31. The van der Waals surface area contributed by atoms with Crippen LogP contribution in [0.5, 0.6) is 11.5 Å². The maximum absolute atomic E-state index is 14.5. The van der Waals surface area contributed by atoms with E-state index in [-0.39, 0.29) is 30.3 Å². The summed E-state index contributed by atoms with van der Waals surface area (Å²) in [6.07, 6.45) is -3.94. The molecule has 3 rings (SSSR count). The number of methoxy groups -OCH3 is 2. The van der Waals surface area contributed by atoms with Crippen LogP contribution in [0.15, 0.2) is 23.4 Å². The van der Waals surface area contributed by atoms with E-state index in [9.17, 15) is 22.8 Å². The molecule has 2 aliphatic rings. The number of halogens is 3. The third-order valence-corrected chi connectivity index (χ3v) is 3.59. The van der Waals surface area contributed by atoms with Gasteiger partial charge in [-0.05, 0) is 0 Å². The van der Waals surface area contributed by atoms with E-state index in [1.54, 1.807) is 0 Å². The number of benzene rings is 1. The molecule has 2 aliphatic heterocycles. The highest BCUT2D eigenvalue weighted by molar-refractivity contribution is 6.03. The average molecular weight is 375 g/mol. The fourth-order valence-electron chi connectivity index (χ4n) is 2.50. The lowest BCUT2D eigenvalue weighted by molar-refractivity contribution is -0.286. The number of nitrogens with zero attached hydrogens (tertiary/aromatic N) is 1. The van der Waals surface area contributed by atoms with Crippen molar-refractivity contribution >= 4 is 17.6 Å². The van der Waals surface area contributed by atoms with Gasteiger partial charge in [-0.15, -0.1) is 8.78 Å². The van der Waals surface area contributed by atoms with Crippen molar-refractivity contribution in [3.05, 3.63) is 29.2 Å². The van der Waals surface area contributed by atoms with Crippen molar-refractivity contribution in [2.45, 2.75) is 6.29 Å². The van der Waals surface area contributed by atoms with Gasteiger partial charge < -0.3 is 28.6 Å². The molecule has 1 aromatic rings. The van der Waals surface area contributed by atoms with Crippen LogP contribution < -0.4 is 14.4 Å². The zero-order chi connectivity index (χ0) is 19.1. The second-order valence-corrected chi connectivity index (χ2v) is 5.13. The summed E-state index contributed by atoms with van der Waals surface area (Å²) in [6, 6.07) is 1.57. The molecule has 0 N–H and O–H groups in total. The van der Waals surface area contributed by atoms with E-state index in [4.69, 9.17) is 4.74 Å². The molecule has 0 fully saturated rings. The van der Waals surface area contributed by atoms with Gasteiger partial charge >= 0.3 is 18.2 Å². The molecular weight excluding hydrogens is 363 g/mol. The number of fused-ring (bicyclic) bond motifs is 1. The van der Waals surface area contributed by atoms with Crippen molar-refractivity contribution in [1.29, 1.82) is 0 Å². The molecule has 11 heteroatoms. The summed E-state index contributed by atoms with van der Waals surface area (Å²) in [7, 11) is 2.15. The van der Waals surface area contributed by atoms with E-state index in [2.05, 4.69) is 18.9 Å². The van der Waals surface area contributed by atoms with Crippen LogP contribution in [-0.2, 0) is 23.8 Å². The van der Waals surface area contributed by atoms with Crippen molar-refractivity contribution < 1.29 is 46.4 Å². The Morgan fingerprint density at radius 2 is 1.73 bits per heavy atom. The molecule has 0 saturated heterocycles. The van der Waals surface area contributed by atoms with E-state index in [0.717, 1.165) is 25.2 Å². The number of anilines is 1. The van der Waals surface area contributed by atoms with Crippen LogP contribution in [0.25, 0.3) is 0 Å². The molecule has 140 valence electrons. The van der Waals surface area contributed by atoms with E-state index < -0.39 is 35.5 Å². The summed E-state index contributed by atoms with van der Waals surface area (Å²) in [4.78, 5) is 25.0. The maximum atomic E-state index is 14.5. The Morgan fingerprint density at radius 1 is 1.12 bits per heavy atom. The molecule has 8 nitrogen and oxygen atoms in total. The Labute approximate surface area is 144 Å². The van der Waals surface area contributed by atoms with Crippen molar-refractivity contribution in [1.82, 2.24) is 0 Å². The van der Waals surface area contributed by atoms with Crippen LogP contribution in [0, 0.1) is 5.82 Å². The van der Waals surface area contributed by atoms with Crippen LogP contribution in [-0.4, -0.2) is 45.8 Å². The highest BCUT2D eigenvalue weighted by atomic mass is 19.3. The van der Waals surface area contributed by atoms with Crippen molar-refractivity contribution in [3.63, 3.8) is 0 Å². The van der Waals surface area contributed by atoms with Crippen LogP contribution in [0.2, 0.25) is 0 Å². The first-order valence-corrected chi connectivity index (χ1v) is 7.12. The highest BCUT2D eigenvalue weighted by Crippen LogP contribution is 2.45. The Hall–Kier alpha value is -2.95. The first kappa shape index (κ1) is 17.9. The molecule has 26 heavy (non-hydrogen) atoms. The van der Waals surface area contributed by atoms with E-state index in [1.165, 1.54) is 0 Å². The van der Waals surface area contributed by atoms with Gasteiger partial charge in [0.05, 0.1) is 32.1 Å². The van der Waals surface area contributed by atoms with Gasteiger partial charge in [0.1, 0.15) is 12.4 Å². The van der Waals surface area contributed by atoms with Gasteiger partial charge in [0.2, 0.25) is 0 Å². The summed E-state index contributed by atoms with van der Waals surface area (Å²) < 4.78 is 63.6. The topological polar surface area (TPSA) is 83.5 Å². The second kappa shape index (κ2) is 6.41. The highest BCUT2D eigenvalue weighted by Gasteiger charge is 2.45. The summed E-state index contributed by atoms with van der Waals surface area (Å²) in [5, 5.41) is 0. The maximum Gasteiger partial charge on any atom is 0.586 e. The minimum atomic E-state index is -3.94. The molecule has 0 aromatic heterocycles. The third-order valence-electron chi connectivity index (χ3n) is 3.59. The molecule has 0 bridgehead atoms. The number of hydrogen-bond acceptors (Lipinski definition) is 8. The number of carbonyl (C=O) groups is 2. The zero-order valence-electron chi connectivity index (χ0n) is 13.5.